The van der Waals surface area contributed by atoms with Crippen LogP contribution >= 0.6 is 0 Å². The lowest BCUT2D eigenvalue weighted by molar-refractivity contribution is 0.128. The van der Waals surface area contributed by atoms with Crippen molar-refractivity contribution in [3.05, 3.63) is 12.2 Å². The van der Waals surface area contributed by atoms with Gasteiger partial charge >= 0.3 is 0 Å². The van der Waals surface area contributed by atoms with Gasteiger partial charge in [0.2, 0.25) is 0 Å². The number of allylic oxidation sites excluding steroid dienone is 2. The number of hydrogen-bond donors (Lipinski definition) is 0. The first kappa shape index (κ1) is 17.7. The van der Waals surface area contributed by atoms with Crippen molar-refractivity contribution in [1.29, 1.82) is 0 Å². The van der Waals surface area contributed by atoms with Gasteiger partial charge < -0.3 is 4.74 Å². The summed E-state index contributed by atoms with van der Waals surface area (Å²) >= 11 is 0. The fourth-order valence-corrected chi connectivity index (χ4v) is 2.03. The summed E-state index contributed by atoms with van der Waals surface area (Å²) in [7, 11) is 0. The van der Waals surface area contributed by atoms with Gasteiger partial charge in [-0.25, -0.2) is 0 Å². The fourth-order valence-electron chi connectivity index (χ4n) is 2.03. The van der Waals surface area contributed by atoms with Gasteiger partial charge in [-0.05, 0) is 25.7 Å². The molecule has 0 aromatic carbocycles. The van der Waals surface area contributed by atoms with E-state index in [9.17, 15) is 0 Å². The van der Waals surface area contributed by atoms with Crippen molar-refractivity contribution in [1.82, 2.24) is 0 Å². The van der Waals surface area contributed by atoms with Gasteiger partial charge in [0.05, 0.1) is 0 Å². The summed E-state index contributed by atoms with van der Waals surface area (Å²) in [5.74, 6) is 0. The quantitative estimate of drug-likeness (QED) is 0.277. The van der Waals surface area contributed by atoms with Crippen LogP contribution in [0.4, 0.5) is 0 Å². The Balaban J connectivity index is 2.92. The molecule has 0 aromatic heterocycles. The second-order valence-corrected chi connectivity index (χ2v) is 5.11. The minimum absolute atomic E-state index is 0.935. The predicted octanol–water partition coefficient (Wildman–Crippen LogP) is 5.89. The van der Waals surface area contributed by atoms with Gasteiger partial charge in [0.1, 0.15) is 0 Å². The van der Waals surface area contributed by atoms with Crippen LogP contribution in [0.25, 0.3) is 0 Å². The average Bonchev–Trinajstić information content (AvgIpc) is 2.39. The molecule has 0 saturated heterocycles. The van der Waals surface area contributed by atoms with E-state index in [4.69, 9.17) is 4.74 Å². The molecule has 108 valence electrons. The van der Waals surface area contributed by atoms with Crippen LogP contribution in [0.3, 0.4) is 0 Å². The Morgan fingerprint density at radius 2 is 1.28 bits per heavy atom. The van der Waals surface area contributed by atoms with Crippen molar-refractivity contribution < 1.29 is 4.74 Å². The molecule has 0 N–H and O–H groups in total. The zero-order chi connectivity index (χ0) is 13.3. The average molecular weight is 254 g/mol. The van der Waals surface area contributed by atoms with E-state index >= 15 is 0 Å². The molecule has 0 saturated carbocycles. The van der Waals surface area contributed by atoms with Crippen molar-refractivity contribution in [3.63, 3.8) is 0 Å². The van der Waals surface area contributed by atoms with Gasteiger partial charge in [-0.2, -0.15) is 0 Å². The molecular formula is C17H34O. The van der Waals surface area contributed by atoms with Crippen LogP contribution in [0.1, 0.15) is 84.5 Å². The molecular weight excluding hydrogens is 220 g/mol. The minimum Gasteiger partial charge on any atom is -0.381 e. The minimum atomic E-state index is 0.935. The van der Waals surface area contributed by atoms with Gasteiger partial charge in [-0.3, -0.25) is 0 Å². The molecule has 1 nitrogen and oxygen atoms in total. The van der Waals surface area contributed by atoms with Crippen molar-refractivity contribution in [3.8, 4) is 0 Å². The Labute approximate surface area is 115 Å². The third-order valence-electron chi connectivity index (χ3n) is 3.20. The first-order valence-electron chi connectivity index (χ1n) is 8.14. The fraction of sp³-hybridized carbons (Fsp3) is 0.882. The molecule has 0 fully saturated rings. The topological polar surface area (TPSA) is 9.23 Å². The first-order valence-corrected chi connectivity index (χ1v) is 8.14. The molecule has 0 aliphatic carbocycles. The number of hydrogen-bond acceptors (Lipinski definition) is 1. The summed E-state index contributed by atoms with van der Waals surface area (Å²) in [5.41, 5.74) is 0. The van der Waals surface area contributed by atoms with E-state index in [0.717, 1.165) is 19.6 Å². The lowest BCUT2D eigenvalue weighted by Gasteiger charge is -2.03. The molecule has 0 radical (unpaired) electrons. The lowest BCUT2D eigenvalue weighted by Crippen LogP contribution is -1.96. The molecule has 1 heteroatoms. The van der Waals surface area contributed by atoms with Crippen LogP contribution in [0.5, 0.6) is 0 Å². The van der Waals surface area contributed by atoms with Crippen molar-refractivity contribution >= 4 is 0 Å². The summed E-state index contributed by atoms with van der Waals surface area (Å²) < 4.78 is 5.63. The maximum atomic E-state index is 5.63. The molecule has 0 rings (SSSR count). The molecule has 0 unspecified atom stereocenters. The van der Waals surface area contributed by atoms with Gasteiger partial charge in [-0.15, -0.1) is 0 Å². The largest absolute Gasteiger partial charge is 0.381 e. The third-order valence-corrected chi connectivity index (χ3v) is 3.20. The Kier molecular flexibility index (Phi) is 16.4. The van der Waals surface area contributed by atoms with Gasteiger partial charge in [0.25, 0.3) is 0 Å². The Morgan fingerprint density at radius 1 is 0.667 bits per heavy atom. The Bertz CT molecular complexity index is 163. The second-order valence-electron chi connectivity index (χ2n) is 5.11. The van der Waals surface area contributed by atoms with Crippen LogP contribution in [0.15, 0.2) is 12.2 Å². The number of ether oxygens (including phenoxy) is 1. The normalized spacial score (nSPS) is 11.4. The van der Waals surface area contributed by atoms with Gasteiger partial charge in [-0.1, -0.05) is 70.9 Å². The predicted molar refractivity (Wildman–Crippen MR) is 82.1 cm³/mol. The van der Waals surface area contributed by atoms with Crippen LogP contribution < -0.4 is 0 Å². The van der Waals surface area contributed by atoms with E-state index < -0.39 is 0 Å². The van der Waals surface area contributed by atoms with E-state index in [2.05, 4.69) is 26.0 Å². The van der Waals surface area contributed by atoms with E-state index in [1.54, 1.807) is 0 Å². The number of unbranched alkanes of at least 4 members (excludes halogenated alkanes) is 8. The zero-order valence-electron chi connectivity index (χ0n) is 12.8. The van der Waals surface area contributed by atoms with Crippen molar-refractivity contribution in [2.45, 2.75) is 84.5 Å². The molecule has 0 aromatic rings. The van der Waals surface area contributed by atoms with Crippen molar-refractivity contribution in [2.75, 3.05) is 13.2 Å². The highest BCUT2D eigenvalue weighted by Crippen LogP contribution is 2.08. The summed E-state index contributed by atoms with van der Waals surface area (Å²) in [6.45, 7) is 6.35. The van der Waals surface area contributed by atoms with Crippen LogP contribution in [0, 0.1) is 0 Å². The van der Waals surface area contributed by atoms with Gasteiger partial charge in [0, 0.05) is 13.2 Å². The smallest absolute Gasteiger partial charge is 0.0468 e. The van der Waals surface area contributed by atoms with Crippen molar-refractivity contribution in [2.24, 2.45) is 0 Å². The van der Waals surface area contributed by atoms with Gasteiger partial charge in [0.15, 0.2) is 0 Å². The highest BCUT2D eigenvalue weighted by Gasteiger charge is 1.92. The van der Waals surface area contributed by atoms with E-state index in [1.165, 1.54) is 64.2 Å². The van der Waals surface area contributed by atoms with Crippen LogP contribution in [-0.2, 0) is 4.74 Å². The van der Waals surface area contributed by atoms with E-state index in [-0.39, 0.29) is 0 Å². The lowest BCUT2D eigenvalue weighted by atomic mass is 10.1. The second kappa shape index (κ2) is 16.7. The summed E-state index contributed by atoms with van der Waals surface area (Å²) in [4.78, 5) is 0. The molecule has 0 heterocycles. The Hall–Kier alpha value is -0.300. The number of rotatable bonds is 14. The molecule has 0 bridgehead atoms. The maximum Gasteiger partial charge on any atom is 0.0468 e. The highest BCUT2D eigenvalue weighted by atomic mass is 16.5. The highest BCUT2D eigenvalue weighted by molar-refractivity contribution is 4.79. The monoisotopic (exact) mass is 254 g/mol. The third kappa shape index (κ3) is 15.7. The maximum absolute atomic E-state index is 5.63. The summed E-state index contributed by atoms with van der Waals surface area (Å²) in [5, 5.41) is 0. The van der Waals surface area contributed by atoms with E-state index in [1.807, 2.05) is 0 Å². The molecule has 0 atom stereocenters. The molecule has 0 aliphatic rings. The van der Waals surface area contributed by atoms with Crippen LogP contribution in [0.2, 0.25) is 0 Å². The standard InChI is InChI=1S/C17H34O/c1-3-5-7-9-10-11-13-15-17-18-16-14-12-8-6-4-2/h6,8H,3-5,7,9-17H2,1-2H3/b8-6+. The molecule has 0 spiro atoms. The SMILES string of the molecule is CC/C=C/CCCOCCCCCCCCCC. The van der Waals surface area contributed by atoms with E-state index in [0.29, 0.717) is 0 Å². The molecule has 0 amide bonds. The molecule has 18 heavy (non-hydrogen) atoms. The summed E-state index contributed by atoms with van der Waals surface area (Å²) in [6.07, 6.45) is 19.0. The summed E-state index contributed by atoms with van der Waals surface area (Å²) in [6, 6.07) is 0. The zero-order valence-corrected chi connectivity index (χ0v) is 12.8. The first-order chi connectivity index (χ1) is 8.91. The molecule has 0 aliphatic heterocycles. The Morgan fingerprint density at radius 3 is 1.94 bits per heavy atom. The van der Waals surface area contributed by atoms with Crippen LogP contribution in [-0.4, -0.2) is 13.2 Å².